The van der Waals surface area contributed by atoms with Gasteiger partial charge in [0.15, 0.2) is 0 Å². The molecule has 1 saturated heterocycles. The first-order valence-corrected chi connectivity index (χ1v) is 6.87. The van der Waals surface area contributed by atoms with Crippen molar-refractivity contribution in [1.82, 2.24) is 5.32 Å². The fraction of sp³-hybridized carbons (Fsp3) is 0.500. The van der Waals surface area contributed by atoms with Crippen molar-refractivity contribution in [3.05, 3.63) is 28.3 Å². The molecule has 19 heavy (non-hydrogen) atoms. The molecule has 2 N–H and O–H groups in total. The number of carbonyl (C=O) groups is 1. The highest BCUT2D eigenvalue weighted by molar-refractivity contribution is 6.32. The van der Waals surface area contributed by atoms with Crippen molar-refractivity contribution in [3.8, 4) is 5.75 Å². The van der Waals surface area contributed by atoms with Crippen molar-refractivity contribution in [2.45, 2.75) is 31.9 Å². The molecule has 0 spiro atoms. The lowest BCUT2D eigenvalue weighted by atomic mass is 9.97. The van der Waals surface area contributed by atoms with Crippen LogP contribution < -0.4 is 10.1 Å². The summed E-state index contributed by atoms with van der Waals surface area (Å²) in [4.78, 5) is 11.0. The second-order valence-corrected chi connectivity index (χ2v) is 5.76. The summed E-state index contributed by atoms with van der Waals surface area (Å²) in [7, 11) is 0. The van der Waals surface area contributed by atoms with E-state index in [1.807, 2.05) is 13.0 Å². The van der Waals surface area contributed by atoms with E-state index in [1.165, 1.54) is 0 Å². The lowest BCUT2D eigenvalue weighted by molar-refractivity contribution is -0.141. The Morgan fingerprint density at radius 1 is 1.53 bits per heavy atom. The number of rotatable bonds is 2. The van der Waals surface area contributed by atoms with Crippen LogP contribution in [0.4, 0.5) is 0 Å². The molecule has 3 rings (SSSR count). The maximum absolute atomic E-state index is 11.0. The van der Waals surface area contributed by atoms with Crippen LogP contribution in [0.2, 0.25) is 5.02 Å². The minimum absolute atomic E-state index is 0.0693. The van der Waals surface area contributed by atoms with Gasteiger partial charge in [0.2, 0.25) is 0 Å². The highest BCUT2D eigenvalue weighted by atomic mass is 35.5. The van der Waals surface area contributed by atoms with Gasteiger partial charge < -0.3 is 15.2 Å². The molecule has 1 fully saturated rings. The van der Waals surface area contributed by atoms with E-state index < -0.39 is 5.97 Å². The van der Waals surface area contributed by atoms with E-state index >= 15 is 0 Å². The Morgan fingerprint density at radius 3 is 3.00 bits per heavy atom. The fourth-order valence-corrected chi connectivity index (χ4v) is 3.18. The molecule has 0 radical (unpaired) electrons. The molecule has 2 heterocycles. The van der Waals surface area contributed by atoms with Crippen LogP contribution in [0.1, 0.15) is 30.5 Å². The number of carboxylic acids is 1. The summed E-state index contributed by atoms with van der Waals surface area (Å²) in [6.45, 7) is 2.53. The zero-order valence-corrected chi connectivity index (χ0v) is 11.4. The lowest BCUT2D eigenvalue weighted by Gasteiger charge is -2.13. The van der Waals surface area contributed by atoms with E-state index in [-0.39, 0.29) is 18.1 Å². The van der Waals surface area contributed by atoms with E-state index in [0.717, 1.165) is 23.3 Å². The molecular weight excluding hydrogens is 266 g/mol. The van der Waals surface area contributed by atoms with Crippen LogP contribution in [0, 0.1) is 5.92 Å². The molecule has 0 saturated carbocycles. The van der Waals surface area contributed by atoms with Gasteiger partial charge in [0.05, 0.1) is 10.9 Å². The number of hydrogen-bond donors (Lipinski definition) is 2. The summed E-state index contributed by atoms with van der Waals surface area (Å²) >= 11 is 6.25. The molecule has 0 aliphatic carbocycles. The molecule has 0 amide bonds. The van der Waals surface area contributed by atoms with Crippen molar-refractivity contribution in [2.24, 2.45) is 5.92 Å². The van der Waals surface area contributed by atoms with Crippen LogP contribution >= 0.6 is 11.6 Å². The molecule has 0 aromatic heterocycles. The number of halogens is 1. The maximum atomic E-state index is 11.0. The molecule has 0 bridgehead atoms. The molecule has 3 atom stereocenters. The topological polar surface area (TPSA) is 58.6 Å². The summed E-state index contributed by atoms with van der Waals surface area (Å²) in [5, 5.41) is 12.9. The smallest absolute Gasteiger partial charge is 0.307 e. The second-order valence-electron chi connectivity index (χ2n) is 5.36. The van der Waals surface area contributed by atoms with Crippen LogP contribution in [0.25, 0.3) is 0 Å². The molecule has 1 aromatic rings. The quantitative estimate of drug-likeness (QED) is 0.874. The fourth-order valence-electron chi connectivity index (χ4n) is 2.89. The Balaban J connectivity index is 1.86. The summed E-state index contributed by atoms with van der Waals surface area (Å²) < 4.78 is 5.67. The molecule has 3 unspecified atom stereocenters. The number of fused-ring (bicyclic) bond motifs is 1. The summed E-state index contributed by atoms with van der Waals surface area (Å²) in [5.74, 6) is -0.267. The average molecular weight is 282 g/mol. The first-order chi connectivity index (χ1) is 9.04. The average Bonchev–Trinajstić information content (AvgIpc) is 2.94. The third-order valence-corrected chi connectivity index (χ3v) is 4.13. The maximum Gasteiger partial charge on any atom is 0.307 e. The van der Waals surface area contributed by atoms with Crippen LogP contribution in [0.3, 0.4) is 0 Å². The molecule has 102 valence electrons. The van der Waals surface area contributed by atoms with Gasteiger partial charge in [-0.1, -0.05) is 17.7 Å². The number of nitrogens with one attached hydrogen (secondary N) is 1. The summed E-state index contributed by atoms with van der Waals surface area (Å²) in [5.41, 5.74) is 2.18. The van der Waals surface area contributed by atoms with Crippen LogP contribution in [0.15, 0.2) is 12.1 Å². The zero-order valence-electron chi connectivity index (χ0n) is 10.6. The Kier molecular flexibility index (Phi) is 3.15. The Bertz CT molecular complexity index is 532. The van der Waals surface area contributed by atoms with Gasteiger partial charge >= 0.3 is 5.97 Å². The third-order valence-electron chi connectivity index (χ3n) is 3.85. The van der Waals surface area contributed by atoms with Gasteiger partial charge in [0.25, 0.3) is 0 Å². The number of benzene rings is 1. The van der Waals surface area contributed by atoms with Gasteiger partial charge in [-0.25, -0.2) is 0 Å². The standard InChI is InChI=1S/C14H16ClNO3/c1-7-2-9-3-8(4-11(15)13(9)19-7)12-5-10(6-16-12)14(17)18/h3-4,7,10,12,16H,2,5-6H2,1H3,(H,17,18). The van der Waals surface area contributed by atoms with E-state index in [1.54, 1.807) is 0 Å². The Hall–Kier alpha value is -1.26. The van der Waals surface area contributed by atoms with E-state index in [0.29, 0.717) is 18.0 Å². The van der Waals surface area contributed by atoms with Crippen molar-refractivity contribution in [3.63, 3.8) is 0 Å². The first kappa shape index (κ1) is 12.8. The van der Waals surface area contributed by atoms with Gasteiger partial charge in [0.1, 0.15) is 11.9 Å². The van der Waals surface area contributed by atoms with Crippen molar-refractivity contribution >= 4 is 17.6 Å². The predicted octanol–water partition coefficient (Wildman–Crippen LogP) is 2.40. The van der Waals surface area contributed by atoms with Crippen LogP contribution in [-0.2, 0) is 11.2 Å². The van der Waals surface area contributed by atoms with E-state index in [9.17, 15) is 4.79 Å². The van der Waals surface area contributed by atoms with Crippen LogP contribution in [0.5, 0.6) is 5.75 Å². The van der Waals surface area contributed by atoms with E-state index in [4.69, 9.17) is 21.4 Å². The third kappa shape index (κ3) is 2.30. The van der Waals surface area contributed by atoms with Gasteiger partial charge in [-0.2, -0.15) is 0 Å². The van der Waals surface area contributed by atoms with E-state index in [2.05, 4.69) is 11.4 Å². The Morgan fingerprint density at radius 2 is 2.32 bits per heavy atom. The first-order valence-electron chi connectivity index (χ1n) is 6.49. The van der Waals surface area contributed by atoms with Crippen molar-refractivity contribution in [1.29, 1.82) is 0 Å². The van der Waals surface area contributed by atoms with Gasteiger partial charge in [0, 0.05) is 19.0 Å². The second kappa shape index (κ2) is 4.69. The van der Waals surface area contributed by atoms with Crippen LogP contribution in [-0.4, -0.2) is 23.7 Å². The number of carboxylic acid groups (broad SMARTS) is 1. The van der Waals surface area contributed by atoms with Crippen molar-refractivity contribution < 1.29 is 14.6 Å². The molecule has 2 aliphatic heterocycles. The lowest BCUT2D eigenvalue weighted by Crippen LogP contribution is -2.17. The molecule has 5 heteroatoms. The molecule has 2 aliphatic rings. The van der Waals surface area contributed by atoms with Crippen molar-refractivity contribution in [2.75, 3.05) is 6.54 Å². The summed E-state index contributed by atoms with van der Waals surface area (Å²) in [6, 6.07) is 4.05. The number of aliphatic carboxylic acids is 1. The Labute approximate surface area is 116 Å². The predicted molar refractivity (Wildman–Crippen MR) is 71.7 cm³/mol. The normalized spacial score (nSPS) is 29.1. The zero-order chi connectivity index (χ0) is 13.6. The highest BCUT2D eigenvalue weighted by Crippen LogP contribution is 2.39. The molecular formula is C14H16ClNO3. The molecule has 1 aromatic carbocycles. The minimum Gasteiger partial charge on any atom is -0.489 e. The monoisotopic (exact) mass is 281 g/mol. The largest absolute Gasteiger partial charge is 0.489 e. The minimum atomic E-state index is -0.737. The summed E-state index contributed by atoms with van der Waals surface area (Å²) in [6.07, 6.45) is 1.63. The highest BCUT2D eigenvalue weighted by Gasteiger charge is 2.32. The molecule has 4 nitrogen and oxygen atoms in total. The SMILES string of the molecule is CC1Cc2cc(C3CC(C(=O)O)CN3)cc(Cl)c2O1. The van der Waals surface area contributed by atoms with Gasteiger partial charge in [-0.15, -0.1) is 0 Å². The van der Waals surface area contributed by atoms with Gasteiger partial charge in [-0.05, 0) is 30.5 Å². The number of ether oxygens (including phenoxy) is 1. The van der Waals surface area contributed by atoms with Gasteiger partial charge in [-0.3, -0.25) is 4.79 Å². The number of hydrogen-bond acceptors (Lipinski definition) is 3.